The summed E-state index contributed by atoms with van der Waals surface area (Å²) in [6, 6.07) is 2.96. The number of pyridine rings is 1. The van der Waals surface area contributed by atoms with Gasteiger partial charge in [0.25, 0.3) is 5.91 Å². The molecule has 1 N–H and O–H groups in total. The molecule has 1 aliphatic rings. The van der Waals surface area contributed by atoms with E-state index < -0.39 is 0 Å². The van der Waals surface area contributed by atoms with Crippen LogP contribution in [0.1, 0.15) is 30.6 Å². The lowest BCUT2D eigenvalue weighted by Crippen LogP contribution is -2.30. The number of hydrogen-bond donors (Lipinski definition) is 1. The molecule has 0 radical (unpaired) electrons. The molecule has 0 aliphatic carbocycles. The average Bonchev–Trinajstić information content (AvgIpc) is 2.59. The van der Waals surface area contributed by atoms with Crippen LogP contribution in [-0.2, 0) is 0 Å². The van der Waals surface area contributed by atoms with Crippen LogP contribution in [0.15, 0.2) is 23.1 Å². The lowest BCUT2D eigenvalue weighted by molar-refractivity contribution is 0.0778. The van der Waals surface area contributed by atoms with E-state index in [1.165, 1.54) is 12.3 Å². The highest BCUT2D eigenvalue weighted by molar-refractivity contribution is 5.94. The average molecular weight is 220 g/mol. The zero-order chi connectivity index (χ0) is 11.8. The monoisotopic (exact) mass is 220 g/mol. The van der Waals surface area contributed by atoms with Crippen LogP contribution in [0, 0.1) is 5.41 Å². The molecule has 0 aromatic carbocycles. The summed E-state index contributed by atoms with van der Waals surface area (Å²) in [6.45, 7) is 5.90. The van der Waals surface area contributed by atoms with Crippen LogP contribution in [0.2, 0.25) is 0 Å². The standard InChI is InChI=1S/C12H16N2O2/c1-12(2)5-6-14(8-12)11(16)9-3-4-10(15)13-7-9/h3-4,7H,5-6,8H2,1-2H3,(H,13,15). The van der Waals surface area contributed by atoms with E-state index in [0.717, 1.165) is 19.5 Å². The van der Waals surface area contributed by atoms with Gasteiger partial charge in [0.15, 0.2) is 0 Å². The molecule has 1 saturated heterocycles. The van der Waals surface area contributed by atoms with Crippen molar-refractivity contribution >= 4 is 5.91 Å². The van der Waals surface area contributed by atoms with E-state index >= 15 is 0 Å². The van der Waals surface area contributed by atoms with Gasteiger partial charge in [0.2, 0.25) is 5.56 Å². The minimum Gasteiger partial charge on any atom is -0.338 e. The number of carbonyl (C=O) groups is 1. The van der Waals surface area contributed by atoms with Crippen molar-refractivity contribution in [3.8, 4) is 0 Å². The van der Waals surface area contributed by atoms with E-state index in [9.17, 15) is 9.59 Å². The number of nitrogens with one attached hydrogen (secondary N) is 1. The second-order valence-electron chi connectivity index (χ2n) is 5.08. The maximum Gasteiger partial charge on any atom is 0.255 e. The summed E-state index contributed by atoms with van der Waals surface area (Å²) >= 11 is 0. The number of H-pyrrole nitrogens is 1. The number of aromatic nitrogens is 1. The van der Waals surface area contributed by atoms with Gasteiger partial charge in [0.05, 0.1) is 5.56 Å². The molecule has 1 aromatic rings. The molecule has 1 aliphatic heterocycles. The lowest BCUT2D eigenvalue weighted by atomic mass is 9.93. The fourth-order valence-electron chi connectivity index (χ4n) is 2.01. The normalized spacial score (nSPS) is 18.8. The Labute approximate surface area is 94.3 Å². The molecule has 2 heterocycles. The van der Waals surface area contributed by atoms with Crippen LogP contribution in [0.5, 0.6) is 0 Å². The van der Waals surface area contributed by atoms with Crippen LogP contribution in [0.4, 0.5) is 0 Å². The Balaban J connectivity index is 2.15. The first-order chi connectivity index (χ1) is 7.48. The van der Waals surface area contributed by atoms with E-state index in [-0.39, 0.29) is 16.9 Å². The number of carbonyl (C=O) groups excluding carboxylic acids is 1. The Bertz CT molecular complexity index is 442. The van der Waals surface area contributed by atoms with Crippen molar-refractivity contribution in [1.82, 2.24) is 9.88 Å². The van der Waals surface area contributed by atoms with E-state index in [1.54, 1.807) is 6.07 Å². The summed E-state index contributed by atoms with van der Waals surface area (Å²) < 4.78 is 0. The van der Waals surface area contributed by atoms with E-state index in [1.807, 2.05) is 4.90 Å². The Morgan fingerprint density at radius 2 is 2.19 bits per heavy atom. The SMILES string of the molecule is CC1(C)CCN(C(=O)c2ccc(=O)[nH]c2)C1. The fraction of sp³-hybridized carbons (Fsp3) is 0.500. The molecular weight excluding hydrogens is 204 g/mol. The van der Waals surface area contributed by atoms with Crippen molar-refractivity contribution in [2.75, 3.05) is 13.1 Å². The van der Waals surface area contributed by atoms with Gasteiger partial charge >= 0.3 is 0 Å². The number of rotatable bonds is 1. The molecule has 1 amide bonds. The van der Waals surface area contributed by atoms with Crippen LogP contribution in [0.3, 0.4) is 0 Å². The molecular formula is C12H16N2O2. The molecule has 4 heteroatoms. The highest BCUT2D eigenvalue weighted by atomic mass is 16.2. The van der Waals surface area contributed by atoms with E-state index in [4.69, 9.17) is 0 Å². The molecule has 16 heavy (non-hydrogen) atoms. The largest absolute Gasteiger partial charge is 0.338 e. The fourth-order valence-corrected chi connectivity index (χ4v) is 2.01. The van der Waals surface area contributed by atoms with Crippen LogP contribution < -0.4 is 5.56 Å². The number of likely N-dealkylation sites (tertiary alicyclic amines) is 1. The Hall–Kier alpha value is -1.58. The van der Waals surface area contributed by atoms with Crippen molar-refractivity contribution < 1.29 is 4.79 Å². The molecule has 0 atom stereocenters. The summed E-state index contributed by atoms with van der Waals surface area (Å²) in [5.41, 5.74) is 0.577. The Morgan fingerprint density at radius 1 is 1.44 bits per heavy atom. The van der Waals surface area contributed by atoms with Crippen LogP contribution in [0.25, 0.3) is 0 Å². The second-order valence-corrected chi connectivity index (χ2v) is 5.08. The van der Waals surface area contributed by atoms with Gasteiger partial charge < -0.3 is 9.88 Å². The topological polar surface area (TPSA) is 53.2 Å². The van der Waals surface area contributed by atoms with Crippen molar-refractivity contribution in [1.29, 1.82) is 0 Å². The summed E-state index contributed by atoms with van der Waals surface area (Å²) in [4.78, 5) is 27.3. The summed E-state index contributed by atoms with van der Waals surface area (Å²) in [7, 11) is 0. The molecule has 4 nitrogen and oxygen atoms in total. The van der Waals surface area contributed by atoms with Crippen molar-refractivity contribution in [3.05, 3.63) is 34.2 Å². The van der Waals surface area contributed by atoms with Crippen LogP contribution >= 0.6 is 0 Å². The van der Waals surface area contributed by atoms with Crippen molar-refractivity contribution in [3.63, 3.8) is 0 Å². The Morgan fingerprint density at radius 3 is 2.69 bits per heavy atom. The molecule has 1 aromatic heterocycles. The lowest BCUT2D eigenvalue weighted by Gasteiger charge is -2.19. The first-order valence-corrected chi connectivity index (χ1v) is 5.46. The van der Waals surface area contributed by atoms with Crippen LogP contribution in [-0.4, -0.2) is 28.9 Å². The minimum atomic E-state index is -0.182. The number of nitrogens with zero attached hydrogens (tertiary/aromatic N) is 1. The van der Waals surface area contributed by atoms with E-state index in [2.05, 4.69) is 18.8 Å². The highest BCUT2D eigenvalue weighted by Gasteiger charge is 2.32. The van der Waals surface area contributed by atoms with Crippen molar-refractivity contribution in [2.24, 2.45) is 5.41 Å². The third-order valence-electron chi connectivity index (χ3n) is 3.00. The molecule has 0 unspecified atom stereocenters. The summed E-state index contributed by atoms with van der Waals surface area (Å²) in [5.74, 6) is 0.00169. The van der Waals surface area contributed by atoms with Gasteiger partial charge in [0.1, 0.15) is 0 Å². The zero-order valence-corrected chi connectivity index (χ0v) is 9.62. The van der Waals surface area contributed by atoms with Gasteiger partial charge in [-0.15, -0.1) is 0 Å². The van der Waals surface area contributed by atoms with Gasteiger partial charge in [-0.3, -0.25) is 9.59 Å². The van der Waals surface area contributed by atoms with E-state index in [0.29, 0.717) is 5.56 Å². The Kier molecular flexibility index (Phi) is 2.58. The molecule has 2 rings (SSSR count). The molecule has 86 valence electrons. The quantitative estimate of drug-likeness (QED) is 0.774. The summed E-state index contributed by atoms with van der Waals surface area (Å²) in [6.07, 6.45) is 2.51. The third kappa shape index (κ3) is 2.15. The first-order valence-electron chi connectivity index (χ1n) is 5.46. The molecule has 1 fully saturated rings. The first kappa shape index (κ1) is 10.9. The zero-order valence-electron chi connectivity index (χ0n) is 9.62. The van der Waals surface area contributed by atoms with Gasteiger partial charge in [-0.05, 0) is 17.9 Å². The van der Waals surface area contributed by atoms with Gasteiger partial charge in [0, 0.05) is 25.4 Å². The molecule has 0 bridgehead atoms. The molecule has 0 saturated carbocycles. The maximum atomic E-state index is 12.0. The second kappa shape index (κ2) is 3.77. The predicted octanol–water partition coefficient (Wildman–Crippen LogP) is 1.25. The molecule has 0 spiro atoms. The maximum absolute atomic E-state index is 12.0. The van der Waals surface area contributed by atoms with Gasteiger partial charge in [-0.25, -0.2) is 0 Å². The summed E-state index contributed by atoms with van der Waals surface area (Å²) in [5, 5.41) is 0. The van der Waals surface area contributed by atoms with Gasteiger partial charge in [-0.1, -0.05) is 13.8 Å². The smallest absolute Gasteiger partial charge is 0.255 e. The number of aromatic amines is 1. The minimum absolute atomic E-state index is 0.00169. The third-order valence-corrected chi connectivity index (χ3v) is 3.00. The predicted molar refractivity (Wildman–Crippen MR) is 61.4 cm³/mol. The van der Waals surface area contributed by atoms with Gasteiger partial charge in [-0.2, -0.15) is 0 Å². The number of hydrogen-bond acceptors (Lipinski definition) is 2. The highest BCUT2D eigenvalue weighted by Crippen LogP contribution is 2.29. The van der Waals surface area contributed by atoms with Crippen molar-refractivity contribution in [2.45, 2.75) is 20.3 Å². The number of amides is 1.